The molecule has 3 rings (SSSR count). The molecule has 1 aliphatic rings. The van der Waals surface area contributed by atoms with Gasteiger partial charge in [0.25, 0.3) is 0 Å². The smallest absolute Gasteiger partial charge is 0.244 e. The van der Waals surface area contributed by atoms with Crippen molar-refractivity contribution in [3.05, 3.63) is 59.7 Å². The van der Waals surface area contributed by atoms with Crippen molar-refractivity contribution >= 4 is 23.2 Å². The van der Waals surface area contributed by atoms with E-state index in [0.29, 0.717) is 5.69 Å². The second-order valence-electron chi connectivity index (χ2n) is 5.90. The van der Waals surface area contributed by atoms with E-state index in [0.717, 1.165) is 18.5 Å². The quantitative estimate of drug-likeness (QED) is 0.885. The minimum atomic E-state index is -0.287. The molecular formula is C19H21N3O2. The van der Waals surface area contributed by atoms with E-state index in [2.05, 4.69) is 11.4 Å². The molecule has 0 aliphatic heterocycles. The monoisotopic (exact) mass is 323 g/mol. The van der Waals surface area contributed by atoms with Crippen molar-refractivity contribution in [1.29, 1.82) is 0 Å². The van der Waals surface area contributed by atoms with Crippen LogP contribution in [0.2, 0.25) is 0 Å². The number of nitrogens with zero attached hydrogens (tertiary/aromatic N) is 1. The first-order valence-corrected chi connectivity index (χ1v) is 8.14. The molecule has 0 unspecified atom stereocenters. The highest BCUT2D eigenvalue weighted by Gasteiger charge is 2.18. The fourth-order valence-electron chi connectivity index (χ4n) is 3.04. The number of amides is 2. The minimum absolute atomic E-state index is 0.0584. The zero-order chi connectivity index (χ0) is 16.9. The molecule has 0 aromatic heterocycles. The summed E-state index contributed by atoms with van der Waals surface area (Å²) in [5.41, 5.74) is 9.57. The van der Waals surface area contributed by atoms with Crippen LogP contribution in [-0.2, 0) is 22.4 Å². The van der Waals surface area contributed by atoms with Crippen LogP contribution < -0.4 is 16.0 Å². The van der Waals surface area contributed by atoms with E-state index in [1.54, 1.807) is 12.1 Å². The van der Waals surface area contributed by atoms with Gasteiger partial charge in [-0.15, -0.1) is 0 Å². The van der Waals surface area contributed by atoms with E-state index in [1.807, 2.05) is 30.3 Å². The number of carbonyl (C=O) groups excluding carboxylic acids is 2. The maximum Gasteiger partial charge on any atom is 0.244 e. The Balaban J connectivity index is 1.70. The molecule has 0 saturated carbocycles. The first-order chi connectivity index (χ1) is 11.7. The topological polar surface area (TPSA) is 75.4 Å². The molecule has 5 heteroatoms. The molecule has 2 aromatic carbocycles. The molecule has 124 valence electrons. The second kappa shape index (κ2) is 7.27. The van der Waals surface area contributed by atoms with Crippen LogP contribution >= 0.6 is 0 Å². The van der Waals surface area contributed by atoms with Gasteiger partial charge in [-0.1, -0.05) is 24.3 Å². The van der Waals surface area contributed by atoms with Crippen LogP contribution in [0.25, 0.3) is 0 Å². The molecule has 0 radical (unpaired) electrons. The summed E-state index contributed by atoms with van der Waals surface area (Å²) in [5, 5.41) is 2.88. The molecule has 0 fully saturated rings. The summed E-state index contributed by atoms with van der Waals surface area (Å²) in [5.74, 6) is -0.524. The molecule has 0 bridgehead atoms. The fraction of sp³-hybridized carbons (Fsp3) is 0.263. The Morgan fingerprint density at radius 1 is 1.04 bits per heavy atom. The average Bonchev–Trinajstić information content (AvgIpc) is 3.07. The summed E-state index contributed by atoms with van der Waals surface area (Å²) in [6.07, 6.45) is 3.33. The fourth-order valence-corrected chi connectivity index (χ4v) is 3.04. The van der Waals surface area contributed by atoms with Crippen molar-refractivity contribution in [1.82, 2.24) is 0 Å². The largest absolute Gasteiger partial charge is 0.325 e. The molecule has 1 aliphatic carbocycles. The summed E-state index contributed by atoms with van der Waals surface area (Å²) in [7, 11) is 0. The van der Waals surface area contributed by atoms with Gasteiger partial charge < -0.3 is 16.0 Å². The Kier molecular flexibility index (Phi) is 4.91. The maximum atomic E-state index is 12.4. The molecular weight excluding hydrogens is 302 g/mol. The molecule has 24 heavy (non-hydrogen) atoms. The first kappa shape index (κ1) is 16.2. The number of rotatable bonds is 5. The van der Waals surface area contributed by atoms with Gasteiger partial charge in [-0.05, 0) is 54.7 Å². The zero-order valence-electron chi connectivity index (χ0n) is 13.5. The van der Waals surface area contributed by atoms with Gasteiger partial charge in [0.05, 0.1) is 6.54 Å². The molecule has 0 atom stereocenters. The Labute approximate surface area is 141 Å². The number of anilines is 2. The summed E-state index contributed by atoms with van der Waals surface area (Å²) in [6, 6.07) is 15.1. The number of nitrogens with one attached hydrogen (secondary N) is 1. The standard InChI is InChI=1S/C19H21N3O2/c20-12-19(24)22(17-7-2-1-3-8-17)13-18(23)21-16-10-9-14-5-4-6-15(14)11-16/h1-3,7-11H,4-6,12-13,20H2,(H,21,23). The van der Waals surface area contributed by atoms with E-state index in [1.165, 1.54) is 22.4 Å². The zero-order valence-corrected chi connectivity index (χ0v) is 13.5. The Morgan fingerprint density at radius 3 is 2.54 bits per heavy atom. The van der Waals surface area contributed by atoms with Crippen LogP contribution in [0.5, 0.6) is 0 Å². The summed E-state index contributed by atoms with van der Waals surface area (Å²) in [4.78, 5) is 25.9. The lowest BCUT2D eigenvalue weighted by Crippen LogP contribution is -2.41. The number of nitrogens with two attached hydrogens (primary N) is 1. The molecule has 2 aromatic rings. The number of fused-ring (bicyclic) bond motifs is 1. The van der Waals surface area contributed by atoms with Crippen molar-refractivity contribution < 1.29 is 9.59 Å². The lowest BCUT2D eigenvalue weighted by atomic mass is 10.1. The van der Waals surface area contributed by atoms with Gasteiger partial charge in [0.2, 0.25) is 11.8 Å². The first-order valence-electron chi connectivity index (χ1n) is 8.14. The summed E-state index contributed by atoms with van der Waals surface area (Å²) < 4.78 is 0. The number of hydrogen-bond donors (Lipinski definition) is 2. The highest BCUT2D eigenvalue weighted by molar-refractivity contribution is 6.03. The minimum Gasteiger partial charge on any atom is -0.325 e. The molecule has 5 nitrogen and oxygen atoms in total. The van der Waals surface area contributed by atoms with Crippen molar-refractivity contribution in [3.8, 4) is 0 Å². The Bertz CT molecular complexity index is 744. The predicted molar refractivity (Wildman–Crippen MR) is 94.9 cm³/mol. The van der Waals surface area contributed by atoms with E-state index in [-0.39, 0.29) is 24.9 Å². The van der Waals surface area contributed by atoms with Crippen LogP contribution in [0.1, 0.15) is 17.5 Å². The highest BCUT2D eigenvalue weighted by atomic mass is 16.2. The van der Waals surface area contributed by atoms with Crippen LogP contribution in [-0.4, -0.2) is 24.9 Å². The summed E-state index contributed by atoms with van der Waals surface area (Å²) in [6.45, 7) is -0.196. The number of benzene rings is 2. The van der Waals surface area contributed by atoms with Gasteiger partial charge in [0.1, 0.15) is 6.54 Å². The van der Waals surface area contributed by atoms with Gasteiger partial charge in [-0.25, -0.2) is 0 Å². The Hall–Kier alpha value is -2.66. The number of aryl methyl sites for hydroxylation is 2. The van der Waals surface area contributed by atoms with E-state index in [4.69, 9.17) is 5.73 Å². The van der Waals surface area contributed by atoms with Crippen molar-refractivity contribution in [3.63, 3.8) is 0 Å². The van der Waals surface area contributed by atoms with Crippen molar-refractivity contribution in [2.24, 2.45) is 5.73 Å². The third-order valence-corrected chi connectivity index (χ3v) is 4.23. The van der Waals surface area contributed by atoms with Crippen LogP contribution in [0.15, 0.2) is 48.5 Å². The predicted octanol–water partition coefficient (Wildman–Crippen LogP) is 2.11. The molecule has 0 heterocycles. The van der Waals surface area contributed by atoms with Gasteiger partial charge >= 0.3 is 0 Å². The second-order valence-corrected chi connectivity index (χ2v) is 5.90. The maximum absolute atomic E-state index is 12.4. The molecule has 0 spiro atoms. The third kappa shape index (κ3) is 3.63. The van der Waals surface area contributed by atoms with Crippen LogP contribution in [0, 0.1) is 0 Å². The average molecular weight is 323 g/mol. The lowest BCUT2D eigenvalue weighted by molar-refractivity contribution is -0.120. The van der Waals surface area contributed by atoms with Crippen molar-refractivity contribution in [2.75, 3.05) is 23.3 Å². The SMILES string of the molecule is NCC(=O)N(CC(=O)Nc1ccc2c(c1)CCC2)c1ccccc1. The number of carbonyl (C=O) groups is 2. The van der Waals surface area contributed by atoms with E-state index >= 15 is 0 Å². The number of para-hydroxylation sites is 1. The normalized spacial score (nSPS) is 12.5. The van der Waals surface area contributed by atoms with E-state index < -0.39 is 0 Å². The van der Waals surface area contributed by atoms with Gasteiger partial charge in [-0.3, -0.25) is 9.59 Å². The third-order valence-electron chi connectivity index (χ3n) is 4.23. The molecule has 2 amide bonds. The molecule has 0 saturated heterocycles. The summed E-state index contributed by atoms with van der Waals surface area (Å²) >= 11 is 0. The Morgan fingerprint density at radius 2 is 1.79 bits per heavy atom. The highest BCUT2D eigenvalue weighted by Crippen LogP contribution is 2.25. The number of hydrogen-bond acceptors (Lipinski definition) is 3. The van der Waals surface area contributed by atoms with Crippen molar-refractivity contribution in [2.45, 2.75) is 19.3 Å². The van der Waals surface area contributed by atoms with Crippen LogP contribution in [0.3, 0.4) is 0 Å². The van der Waals surface area contributed by atoms with Gasteiger partial charge in [-0.2, -0.15) is 0 Å². The molecule has 3 N–H and O–H groups in total. The van der Waals surface area contributed by atoms with Gasteiger partial charge in [0, 0.05) is 11.4 Å². The lowest BCUT2D eigenvalue weighted by Gasteiger charge is -2.21. The van der Waals surface area contributed by atoms with Gasteiger partial charge in [0.15, 0.2) is 0 Å². The van der Waals surface area contributed by atoms with Crippen LogP contribution in [0.4, 0.5) is 11.4 Å². The van der Waals surface area contributed by atoms with E-state index in [9.17, 15) is 9.59 Å².